The first-order valence-electron chi connectivity index (χ1n) is 7.79. The fourth-order valence-electron chi connectivity index (χ4n) is 3.38. The standard InChI is InChI=1S/C16H30O2/c1-4-5-6-7-8-14-11-13(12(2)3)9-10-15(14)16(17)18/h12-15H,4-11H2,1-3H3,(H,17,18). The predicted octanol–water partition coefficient (Wildman–Crippen LogP) is 4.73. The van der Waals surface area contributed by atoms with Crippen molar-refractivity contribution in [2.45, 2.75) is 72.1 Å². The first-order chi connectivity index (χ1) is 8.56. The minimum Gasteiger partial charge on any atom is -0.481 e. The molecule has 1 rings (SSSR count). The highest BCUT2D eigenvalue weighted by molar-refractivity contribution is 5.70. The van der Waals surface area contributed by atoms with Gasteiger partial charge in [0, 0.05) is 0 Å². The molecule has 0 amide bonds. The van der Waals surface area contributed by atoms with E-state index in [4.69, 9.17) is 0 Å². The maximum Gasteiger partial charge on any atom is 0.306 e. The Morgan fingerprint density at radius 1 is 1.22 bits per heavy atom. The molecule has 0 aromatic carbocycles. The van der Waals surface area contributed by atoms with E-state index in [1.54, 1.807) is 0 Å². The summed E-state index contributed by atoms with van der Waals surface area (Å²) in [5.74, 6) is 1.26. The van der Waals surface area contributed by atoms with E-state index in [0.29, 0.717) is 11.8 Å². The average Bonchev–Trinajstić information content (AvgIpc) is 2.34. The third-order valence-corrected chi connectivity index (χ3v) is 4.71. The molecular formula is C16H30O2. The van der Waals surface area contributed by atoms with Crippen LogP contribution in [0.25, 0.3) is 0 Å². The second kappa shape index (κ2) is 7.81. The van der Waals surface area contributed by atoms with Gasteiger partial charge in [0.1, 0.15) is 0 Å². The Morgan fingerprint density at radius 3 is 2.50 bits per heavy atom. The molecule has 1 N–H and O–H groups in total. The zero-order chi connectivity index (χ0) is 13.5. The van der Waals surface area contributed by atoms with Crippen LogP contribution in [-0.2, 0) is 4.79 Å². The number of carboxylic acids is 1. The lowest BCUT2D eigenvalue weighted by molar-refractivity contribution is -0.145. The van der Waals surface area contributed by atoms with Crippen LogP contribution in [0.15, 0.2) is 0 Å². The molecule has 18 heavy (non-hydrogen) atoms. The van der Waals surface area contributed by atoms with Gasteiger partial charge >= 0.3 is 5.97 Å². The van der Waals surface area contributed by atoms with Crippen molar-refractivity contribution in [3.05, 3.63) is 0 Å². The summed E-state index contributed by atoms with van der Waals surface area (Å²) in [4.78, 5) is 11.3. The van der Waals surface area contributed by atoms with Crippen molar-refractivity contribution in [3.63, 3.8) is 0 Å². The van der Waals surface area contributed by atoms with E-state index in [-0.39, 0.29) is 5.92 Å². The van der Waals surface area contributed by atoms with Crippen LogP contribution in [0.4, 0.5) is 0 Å². The van der Waals surface area contributed by atoms with E-state index in [2.05, 4.69) is 20.8 Å². The highest BCUT2D eigenvalue weighted by Gasteiger charge is 2.35. The minimum absolute atomic E-state index is 0.0679. The Morgan fingerprint density at radius 2 is 1.94 bits per heavy atom. The molecule has 0 spiro atoms. The summed E-state index contributed by atoms with van der Waals surface area (Å²) in [6, 6.07) is 0. The predicted molar refractivity (Wildman–Crippen MR) is 75.6 cm³/mol. The summed E-state index contributed by atoms with van der Waals surface area (Å²) in [5, 5.41) is 9.34. The van der Waals surface area contributed by atoms with Crippen molar-refractivity contribution < 1.29 is 9.90 Å². The zero-order valence-electron chi connectivity index (χ0n) is 12.3. The number of hydrogen-bond acceptors (Lipinski definition) is 1. The van der Waals surface area contributed by atoms with Gasteiger partial charge in [-0.2, -0.15) is 0 Å². The van der Waals surface area contributed by atoms with Crippen molar-refractivity contribution in [1.82, 2.24) is 0 Å². The first kappa shape index (κ1) is 15.5. The van der Waals surface area contributed by atoms with Crippen molar-refractivity contribution >= 4 is 5.97 Å². The van der Waals surface area contributed by atoms with Gasteiger partial charge in [0.05, 0.1) is 5.92 Å². The Kier molecular flexibility index (Phi) is 6.73. The highest BCUT2D eigenvalue weighted by atomic mass is 16.4. The van der Waals surface area contributed by atoms with Gasteiger partial charge in [0.25, 0.3) is 0 Å². The van der Waals surface area contributed by atoms with E-state index < -0.39 is 5.97 Å². The third kappa shape index (κ3) is 4.62. The molecule has 0 aliphatic heterocycles. The maximum atomic E-state index is 11.3. The van der Waals surface area contributed by atoms with Gasteiger partial charge in [-0.25, -0.2) is 0 Å². The highest BCUT2D eigenvalue weighted by Crippen LogP contribution is 2.40. The number of hydrogen-bond donors (Lipinski definition) is 1. The molecule has 0 saturated heterocycles. The summed E-state index contributed by atoms with van der Waals surface area (Å²) in [7, 11) is 0. The normalized spacial score (nSPS) is 28.6. The second-order valence-electron chi connectivity index (χ2n) is 6.37. The van der Waals surface area contributed by atoms with Crippen LogP contribution < -0.4 is 0 Å². The van der Waals surface area contributed by atoms with Crippen LogP contribution >= 0.6 is 0 Å². The molecule has 0 aromatic heterocycles. The van der Waals surface area contributed by atoms with Crippen molar-refractivity contribution in [3.8, 4) is 0 Å². The first-order valence-corrected chi connectivity index (χ1v) is 7.79. The summed E-state index contributed by atoms with van der Waals surface area (Å²) in [5.41, 5.74) is 0. The Labute approximate surface area is 112 Å². The van der Waals surface area contributed by atoms with Gasteiger partial charge in [-0.05, 0) is 43.4 Å². The topological polar surface area (TPSA) is 37.3 Å². The molecule has 0 bridgehead atoms. The number of rotatable bonds is 7. The van der Waals surface area contributed by atoms with Crippen LogP contribution in [0.5, 0.6) is 0 Å². The van der Waals surface area contributed by atoms with E-state index in [1.165, 1.54) is 25.7 Å². The van der Waals surface area contributed by atoms with Gasteiger partial charge in [-0.1, -0.05) is 46.5 Å². The largest absolute Gasteiger partial charge is 0.481 e. The SMILES string of the molecule is CCCCCCC1CC(C(C)C)CCC1C(=O)O. The maximum absolute atomic E-state index is 11.3. The van der Waals surface area contributed by atoms with Gasteiger partial charge in [0.2, 0.25) is 0 Å². The van der Waals surface area contributed by atoms with E-state index in [1.807, 2.05) is 0 Å². The summed E-state index contributed by atoms with van der Waals surface area (Å²) >= 11 is 0. The molecule has 2 nitrogen and oxygen atoms in total. The summed E-state index contributed by atoms with van der Waals surface area (Å²) in [6.45, 7) is 6.77. The smallest absolute Gasteiger partial charge is 0.306 e. The van der Waals surface area contributed by atoms with Gasteiger partial charge in [-0.3, -0.25) is 4.79 Å². The van der Waals surface area contributed by atoms with E-state index in [9.17, 15) is 9.90 Å². The van der Waals surface area contributed by atoms with Crippen LogP contribution in [0.2, 0.25) is 0 Å². The average molecular weight is 254 g/mol. The Hall–Kier alpha value is -0.530. The lowest BCUT2D eigenvalue weighted by Crippen LogP contribution is -2.32. The Bertz CT molecular complexity index is 247. The van der Waals surface area contributed by atoms with Crippen molar-refractivity contribution in [2.24, 2.45) is 23.7 Å². The van der Waals surface area contributed by atoms with E-state index in [0.717, 1.165) is 31.6 Å². The fourth-order valence-corrected chi connectivity index (χ4v) is 3.38. The van der Waals surface area contributed by atoms with Crippen LogP contribution in [0.3, 0.4) is 0 Å². The van der Waals surface area contributed by atoms with Gasteiger partial charge < -0.3 is 5.11 Å². The number of unbranched alkanes of at least 4 members (excludes halogenated alkanes) is 3. The van der Waals surface area contributed by atoms with Crippen molar-refractivity contribution in [2.75, 3.05) is 0 Å². The minimum atomic E-state index is -0.558. The van der Waals surface area contributed by atoms with Crippen LogP contribution in [0, 0.1) is 23.7 Å². The molecule has 1 aliphatic rings. The summed E-state index contributed by atoms with van der Waals surface area (Å²) in [6.07, 6.45) is 9.30. The molecule has 1 aliphatic carbocycles. The van der Waals surface area contributed by atoms with Crippen molar-refractivity contribution in [1.29, 1.82) is 0 Å². The molecule has 0 aromatic rings. The number of carbonyl (C=O) groups is 1. The van der Waals surface area contributed by atoms with Gasteiger partial charge in [-0.15, -0.1) is 0 Å². The molecule has 3 unspecified atom stereocenters. The third-order valence-electron chi connectivity index (χ3n) is 4.71. The fraction of sp³-hybridized carbons (Fsp3) is 0.938. The lowest BCUT2D eigenvalue weighted by Gasteiger charge is -2.36. The molecule has 1 saturated carbocycles. The van der Waals surface area contributed by atoms with Crippen LogP contribution in [0.1, 0.15) is 72.1 Å². The zero-order valence-corrected chi connectivity index (χ0v) is 12.3. The quantitative estimate of drug-likeness (QED) is 0.667. The van der Waals surface area contributed by atoms with E-state index >= 15 is 0 Å². The number of aliphatic carboxylic acids is 1. The summed E-state index contributed by atoms with van der Waals surface area (Å²) < 4.78 is 0. The number of carboxylic acid groups (broad SMARTS) is 1. The van der Waals surface area contributed by atoms with Gasteiger partial charge in [0.15, 0.2) is 0 Å². The second-order valence-corrected chi connectivity index (χ2v) is 6.37. The molecule has 1 fully saturated rings. The lowest BCUT2D eigenvalue weighted by atomic mass is 9.69. The van der Waals surface area contributed by atoms with Crippen LogP contribution in [-0.4, -0.2) is 11.1 Å². The monoisotopic (exact) mass is 254 g/mol. The Balaban J connectivity index is 2.47. The molecule has 3 atom stereocenters. The molecule has 0 radical (unpaired) electrons. The molecule has 106 valence electrons. The molecular weight excluding hydrogens is 224 g/mol. The molecule has 2 heteroatoms. The molecule has 0 heterocycles.